The van der Waals surface area contributed by atoms with Gasteiger partial charge in [-0.25, -0.2) is 15.0 Å². The van der Waals surface area contributed by atoms with Crippen molar-refractivity contribution in [1.82, 2.24) is 19.9 Å². The normalized spacial score (nSPS) is 15.4. The van der Waals surface area contributed by atoms with Crippen molar-refractivity contribution < 1.29 is 4.79 Å². The second-order valence-corrected chi connectivity index (χ2v) is 8.80. The summed E-state index contributed by atoms with van der Waals surface area (Å²) < 4.78 is 0. The number of anilines is 4. The van der Waals surface area contributed by atoms with Gasteiger partial charge in [-0.05, 0) is 51.1 Å². The molecule has 32 heavy (non-hydrogen) atoms. The molecule has 1 unspecified atom stereocenters. The van der Waals surface area contributed by atoms with E-state index in [0.717, 1.165) is 66.1 Å². The second-order valence-electron chi connectivity index (χ2n) is 7.80. The average molecular weight is 452 g/mol. The zero-order valence-electron chi connectivity index (χ0n) is 18.7. The molecular formula is C23H29N7OS. The third kappa shape index (κ3) is 5.05. The molecule has 0 bridgehead atoms. The number of aryl methyl sites for hydroxylation is 1. The van der Waals surface area contributed by atoms with Gasteiger partial charge in [-0.15, -0.1) is 0 Å². The molecule has 4 rings (SSSR count). The lowest BCUT2D eigenvalue weighted by Gasteiger charge is -2.37. The Hall–Kier alpha value is -3.04. The van der Waals surface area contributed by atoms with Gasteiger partial charge in [-0.1, -0.05) is 11.3 Å². The van der Waals surface area contributed by atoms with E-state index in [0.29, 0.717) is 5.95 Å². The molecule has 0 aliphatic carbocycles. The van der Waals surface area contributed by atoms with Crippen molar-refractivity contribution in [2.24, 2.45) is 0 Å². The van der Waals surface area contributed by atoms with Crippen LogP contribution in [0.25, 0.3) is 10.6 Å². The molecule has 9 heteroatoms. The van der Waals surface area contributed by atoms with E-state index in [2.05, 4.69) is 49.5 Å². The van der Waals surface area contributed by atoms with Crippen molar-refractivity contribution in [3.05, 3.63) is 42.2 Å². The summed E-state index contributed by atoms with van der Waals surface area (Å²) in [6, 6.07) is 10.2. The lowest BCUT2D eigenvalue weighted by atomic mass is 10.2. The van der Waals surface area contributed by atoms with Gasteiger partial charge in [-0.3, -0.25) is 4.90 Å². The Balaban J connectivity index is 1.41. The fourth-order valence-electron chi connectivity index (χ4n) is 3.76. The number of piperazine rings is 1. The first-order valence-corrected chi connectivity index (χ1v) is 11.7. The minimum atomic E-state index is -0.0114. The van der Waals surface area contributed by atoms with Gasteiger partial charge in [0, 0.05) is 50.3 Å². The van der Waals surface area contributed by atoms with Crippen LogP contribution in [0.3, 0.4) is 0 Å². The van der Waals surface area contributed by atoms with Crippen LogP contribution >= 0.6 is 11.3 Å². The fourth-order valence-corrected chi connectivity index (χ4v) is 4.77. The van der Waals surface area contributed by atoms with E-state index in [1.807, 2.05) is 32.0 Å². The van der Waals surface area contributed by atoms with Crippen LogP contribution in [-0.2, 0) is 4.79 Å². The Bertz CT molecular complexity index is 1040. The first-order valence-electron chi connectivity index (χ1n) is 10.9. The maximum atomic E-state index is 11.0. The average Bonchev–Trinajstić information content (AvgIpc) is 3.19. The standard InChI is InChI=1S/C23H29N7OS/c1-4-24-23-26-17(3)21(32-23)20-9-10-25-22(28-20)27-18-5-7-19(8-6-18)30-13-11-29(12-14-30)16(2)15-31/h5-10,15-16H,4,11-14H2,1-3H3,(H,24,26)(H,25,27,28). The van der Waals surface area contributed by atoms with Gasteiger partial charge < -0.3 is 20.3 Å². The van der Waals surface area contributed by atoms with Crippen LogP contribution in [0, 0.1) is 6.92 Å². The topological polar surface area (TPSA) is 86.3 Å². The molecule has 0 radical (unpaired) electrons. The number of benzene rings is 1. The molecule has 1 aliphatic rings. The van der Waals surface area contributed by atoms with Gasteiger partial charge >= 0.3 is 0 Å². The molecule has 1 atom stereocenters. The predicted molar refractivity (Wildman–Crippen MR) is 131 cm³/mol. The maximum absolute atomic E-state index is 11.0. The van der Waals surface area contributed by atoms with Gasteiger partial charge in [0.05, 0.1) is 22.3 Å². The van der Waals surface area contributed by atoms with E-state index in [4.69, 9.17) is 4.98 Å². The number of aromatic nitrogens is 3. The number of aldehydes is 1. The lowest BCUT2D eigenvalue weighted by molar-refractivity contribution is -0.112. The Morgan fingerprint density at radius 3 is 2.56 bits per heavy atom. The van der Waals surface area contributed by atoms with E-state index >= 15 is 0 Å². The van der Waals surface area contributed by atoms with Crippen LogP contribution in [0.5, 0.6) is 0 Å². The Kier molecular flexibility index (Phi) is 6.96. The summed E-state index contributed by atoms with van der Waals surface area (Å²) in [5, 5.41) is 7.48. The van der Waals surface area contributed by atoms with Crippen molar-refractivity contribution >= 4 is 40.1 Å². The minimum Gasteiger partial charge on any atom is -0.369 e. The molecule has 0 spiro atoms. The number of hydrogen-bond donors (Lipinski definition) is 2. The second kappa shape index (κ2) is 10.1. The summed E-state index contributed by atoms with van der Waals surface area (Å²) in [6.45, 7) is 10.5. The number of hydrogen-bond acceptors (Lipinski definition) is 9. The Labute approximate surface area is 192 Å². The summed E-state index contributed by atoms with van der Waals surface area (Å²) in [5.41, 5.74) is 3.94. The fraction of sp³-hybridized carbons (Fsp3) is 0.391. The number of rotatable bonds is 8. The summed E-state index contributed by atoms with van der Waals surface area (Å²) in [5.74, 6) is 0.560. The number of nitrogens with zero attached hydrogens (tertiary/aromatic N) is 5. The third-order valence-electron chi connectivity index (χ3n) is 5.59. The molecule has 1 aliphatic heterocycles. The lowest BCUT2D eigenvalue weighted by Crippen LogP contribution is -2.50. The zero-order chi connectivity index (χ0) is 22.5. The molecule has 2 aromatic heterocycles. The van der Waals surface area contributed by atoms with Crippen molar-refractivity contribution in [2.75, 3.05) is 48.3 Å². The molecule has 168 valence electrons. The minimum absolute atomic E-state index is 0.0114. The van der Waals surface area contributed by atoms with Gasteiger partial charge in [0.2, 0.25) is 5.95 Å². The summed E-state index contributed by atoms with van der Waals surface area (Å²) in [4.78, 5) is 30.3. The van der Waals surface area contributed by atoms with E-state index in [-0.39, 0.29) is 6.04 Å². The van der Waals surface area contributed by atoms with Crippen LogP contribution < -0.4 is 15.5 Å². The maximum Gasteiger partial charge on any atom is 0.227 e. The van der Waals surface area contributed by atoms with Crippen LogP contribution in [0.2, 0.25) is 0 Å². The van der Waals surface area contributed by atoms with Gasteiger partial charge in [0.1, 0.15) is 6.29 Å². The highest BCUT2D eigenvalue weighted by Crippen LogP contribution is 2.32. The smallest absolute Gasteiger partial charge is 0.227 e. The monoisotopic (exact) mass is 451 g/mol. The number of carbonyl (C=O) groups is 1. The van der Waals surface area contributed by atoms with Crippen molar-refractivity contribution in [1.29, 1.82) is 0 Å². The van der Waals surface area contributed by atoms with E-state index < -0.39 is 0 Å². The molecule has 3 heterocycles. The van der Waals surface area contributed by atoms with E-state index in [1.54, 1.807) is 17.5 Å². The Morgan fingerprint density at radius 1 is 1.12 bits per heavy atom. The number of nitrogens with one attached hydrogen (secondary N) is 2. The van der Waals surface area contributed by atoms with Crippen molar-refractivity contribution in [2.45, 2.75) is 26.8 Å². The zero-order valence-corrected chi connectivity index (χ0v) is 19.5. The molecule has 0 amide bonds. The first-order chi connectivity index (χ1) is 15.6. The van der Waals surface area contributed by atoms with Gasteiger partial charge in [0.25, 0.3) is 0 Å². The molecule has 1 aromatic carbocycles. The molecule has 8 nitrogen and oxygen atoms in total. The van der Waals surface area contributed by atoms with Crippen molar-refractivity contribution in [3.8, 4) is 10.6 Å². The highest BCUT2D eigenvalue weighted by molar-refractivity contribution is 7.19. The van der Waals surface area contributed by atoms with Crippen LogP contribution in [-0.4, -0.2) is 64.9 Å². The molecule has 1 fully saturated rings. The summed E-state index contributed by atoms with van der Waals surface area (Å²) in [7, 11) is 0. The highest BCUT2D eigenvalue weighted by atomic mass is 32.1. The first kappa shape index (κ1) is 22.2. The molecule has 1 saturated heterocycles. The predicted octanol–water partition coefficient (Wildman–Crippen LogP) is 3.79. The Morgan fingerprint density at radius 2 is 1.88 bits per heavy atom. The van der Waals surface area contributed by atoms with E-state index in [9.17, 15) is 4.79 Å². The van der Waals surface area contributed by atoms with E-state index in [1.165, 1.54) is 5.69 Å². The van der Waals surface area contributed by atoms with Gasteiger partial charge in [-0.2, -0.15) is 0 Å². The molecule has 0 saturated carbocycles. The largest absolute Gasteiger partial charge is 0.369 e. The summed E-state index contributed by atoms with van der Waals surface area (Å²) >= 11 is 1.60. The molecular weight excluding hydrogens is 422 g/mol. The van der Waals surface area contributed by atoms with Crippen LogP contribution in [0.1, 0.15) is 19.5 Å². The van der Waals surface area contributed by atoms with Crippen LogP contribution in [0.4, 0.5) is 22.5 Å². The third-order valence-corrected chi connectivity index (χ3v) is 6.73. The van der Waals surface area contributed by atoms with Gasteiger partial charge in [0.15, 0.2) is 5.13 Å². The summed E-state index contributed by atoms with van der Waals surface area (Å²) in [6.07, 6.45) is 2.79. The SMILES string of the molecule is CCNc1nc(C)c(-c2ccnc(Nc3ccc(N4CCN(C(C)C=O)CC4)cc3)n2)s1. The van der Waals surface area contributed by atoms with Crippen LogP contribution in [0.15, 0.2) is 36.5 Å². The quantitative estimate of drug-likeness (QED) is 0.500. The highest BCUT2D eigenvalue weighted by Gasteiger charge is 2.20. The number of thiazole rings is 1. The molecule has 3 aromatic rings. The molecule has 2 N–H and O–H groups in total. The number of carbonyl (C=O) groups excluding carboxylic acids is 1. The van der Waals surface area contributed by atoms with Crippen molar-refractivity contribution in [3.63, 3.8) is 0 Å².